The lowest BCUT2D eigenvalue weighted by Gasteiger charge is -2.10. The normalized spacial score (nSPS) is 10.7. The van der Waals surface area contributed by atoms with Crippen molar-refractivity contribution in [1.29, 1.82) is 0 Å². The molecule has 0 aliphatic carbocycles. The molecule has 0 fully saturated rings. The number of nitrogens with one attached hydrogen (secondary N) is 1. The summed E-state index contributed by atoms with van der Waals surface area (Å²) in [5.74, 6) is 1.75. The van der Waals surface area contributed by atoms with Crippen molar-refractivity contribution in [2.75, 3.05) is 19.5 Å². The van der Waals surface area contributed by atoms with Crippen LogP contribution in [-0.2, 0) is 18.3 Å². The van der Waals surface area contributed by atoms with Crippen LogP contribution in [-0.4, -0.2) is 40.1 Å². The minimum Gasteiger partial charge on any atom is -0.493 e. The zero-order valence-electron chi connectivity index (χ0n) is 15.6. The average Bonchev–Trinajstić information content (AvgIpc) is 3.25. The topological polar surface area (TPSA) is 104 Å². The van der Waals surface area contributed by atoms with Crippen molar-refractivity contribution in [3.05, 3.63) is 35.9 Å². The molecule has 3 aromatic rings. The summed E-state index contributed by atoms with van der Waals surface area (Å²) < 4.78 is 17.7. The summed E-state index contributed by atoms with van der Waals surface area (Å²) in [4.78, 5) is 12.2. The van der Waals surface area contributed by atoms with Crippen molar-refractivity contribution >= 4 is 11.6 Å². The number of methoxy groups -OCH3 is 2. The average molecular weight is 371 g/mol. The molecule has 3 rings (SSSR count). The van der Waals surface area contributed by atoms with E-state index in [-0.39, 0.29) is 12.3 Å². The number of ether oxygens (including phenoxy) is 2. The van der Waals surface area contributed by atoms with Crippen molar-refractivity contribution in [3.8, 4) is 23.1 Å². The van der Waals surface area contributed by atoms with E-state index in [2.05, 4.69) is 20.6 Å². The van der Waals surface area contributed by atoms with E-state index in [1.807, 2.05) is 20.0 Å². The van der Waals surface area contributed by atoms with Crippen LogP contribution in [0.15, 0.2) is 28.7 Å². The summed E-state index contributed by atoms with van der Waals surface area (Å²) in [5.41, 5.74) is 2.22. The molecule has 0 bridgehead atoms. The highest BCUT2D eigenvalue weighted by molar-refractivity contribution is 5.91. The lowest BCUT2D eigenvalue weighted by Crippen LogP contribution is -2.12. The van der Waals surface area contributed by atoms with Gasteiger partial charge in [0.05, 0.1) is 19.9 Å². The first-order valence-corrected chi connectivity index (χ1v) is 8.35. The standard InChI is InChI=1S/C18H21N5O4/c1-11-9-13(23(2)22-11)18-21-20-17(27-18)8-7-16(24)19-12-5-6-14(25-3)15(10-12)26-4/h5-6,9-10H,7-8H2,1-4H3,(H,19,24). The lowest BCUT2D eigenvalue weighted by atomic mass is 10.2. The zero-order valence-corrected chi connectivity index (χ0v) is 15.6. The predicted octanol–water partition coefficient (Wildman–Crippen LogP) is 2.37. The second-order valence-corrected chi connectivity index (χ2v) is 5.91. The van der Waals surface area contributed by atoms with E-state index in [1.165, 1.54) is 0 Å². The van der Waals surface area contributed by atoms with Gasteiger partial charge in [-0.15, -0.1) is 10.2 Å². The smallest absolute Gasteiger partial charge is 0.265 e. The van der Waals surface area contributed by atoms with Crippen molar-refractivity contribution in [1.82, 2.24) is 20.0 Å². The Balaban J connectivity index is 1.59. The molecule has 2 heterocycles. The molecule has 0 radical (unpaired) electrons. The monoisotopic (exact) mass is 371 g/mol. The highest BCUT2D eigenvalue weighted by Gasteiger charge is 2.14. The van der Waals surface area contributed by atoms with Gasteiger partial charge in [0, 0.05) is 31.6 Å². The number of carbonyl (C=O) groups excluding carboxylic acids is 1. The van der Waals surface area contributed by atoms with E-state index in [0.717, 1.165) is 11.4 Å². The molecule has 0 aliphatic rings. The highest BCUT2D eigenvalue weighted by atomic mass is 16.5. The van der Waals surface area contributed by atoms with E-state index in [1.54, 1.807) is 37.1 Å². The number of carbonyl (C=O) groups is 1. The number of amides is 1. The lowest BCUT2D eigenvalue weighted by molar-refractivity contribution is -0.116. The number of hydrogen-bond acceptors (Lipinski definition) is 7. The molecule has 0 saturated heterocycles. The Morgan fingerprint density at radius 1 is 1.19 bits per heavy atom. The summed E-state index contributed by atoms with van der Waals surface area (Å²) in [6.07, 6.45) is 0.545. The van der Waals surface area contributed by atoms with Gasteiger partial charge in [0.1, 0.15) is 5.69 Å². The van der Waals surface area contributed by atoms with Crippen LogP contribution >= 0.6 is 0 Å². The molecule has 2 aromatic heterocycles. The molecule has 1 aromatic carbocycles. The fraction of sp³-hybridized carbons (Fsp3) is 0.333. The maximum Gasteiger partial charge on any atom is 0.265 e. The minimum atomic E-state index is -0.168. The third-order valence-corrected chi connectivity index (χ3v) is 3.92. The molecule has 142 valence electrons. The molecular weight excluding hydrogens is 350 g/mol. The number of anilines is 1. The molecule has 9 heteroatoms. The van der Waals surface area contributed by atoms with Gasteiger partial charge in [-0.2, -0.15) is 5.10 Å². The van der Waals surface area contributed by atoms with Crippen LogP contribution in [0.1, 0.15) is 18.0 Å². The van der Waals surface area contributed by atoms with Crippen LogP contribution in [0.5, 0.6) is 11.5 Å². The molecule has 0 saturated carbocycles. The number of rotatable bonds is 7. The van der Waals surface area contributed by atoms with Crippen molar-refractivity contribution < 1.29 is 18.7 Å². The second kappa shape index (κ2) is 7.90. The van der Waals surface area contributed by atoms with Crippen LogP contribution in [0.2, 0.25) is 0 Å². The number of aryl methyl sites for hydroxylation is 3. The van der Waals surface area contributed by atoms with Crippen LogP contribution < -0.4 is 14.8 Å². The Kier molecular flexibility index (Phi) is 5.39. The third kappa shape index (κ3) is 4.25. The Morgan fingerprint density at radius 2 is 1.96 bits per heavy atom. The van der Waals surface area contributed by atoms with Crippen LogP contribution in [0.25, 0.3) is 11.6 Å². The van der Waals surface area contributed by atoms with Crippen molar-refractivity contribution in [3.63, 3.8) is 0 Å². The maximum atomic E-state index is 12.2. The molecule has 1 amide bonds. The first-order chi connectivity index (χ1) is 13.0. The zero-order chi connectivity index (χ0) is 19.4. The van der Waals surface area contributed by atoms with Gasteiger partial charge in [0.25, 0.3) is 5.89 Å². The number of aromatic nitrogens is 4. The first kappa shape index (κ1) is 18.4. The summed E-state index contributed by atoms with van der Waals surface area (Å²) in [6.45, 7) is 1.89. The van der Waals surface area contributed by atoms with Crippen molar-refractivity contribution in [2.24, 2.45) is 7.05 Å². The number of benzene rings is 1. The maximum absolute atomic E-state index is 12.2. The molecule has 0 spiro atoms. The van der Waals surface area contributed by atoms with Gasteiger partial charge < -0.3 is 19.2 Å². The van der Waals surface area contributed by atoms with Crippen LogP contribution in [0.4, 0.5) is 5.69 Å². The van der Waals surface area contributed by atoms with Gasteiger partial charge in [-0.05, 0) is 25.1 Å². The quantitative estimate of drug-likeness (QED) is 0.680. The van der Waals surface area contributed by atoms with Crippen LogP contribution in [0, 0.1) is 6.92 Å². The SMILES string of the molecule is COc1ccc(NC(=O)CCc2nnc(-c3cc(C)nn3C)o2)cc1OC. The Bertz CT molecular complexity index is 947. The van der Waals surface area contributed by atoms with E-state index < -0.39 is 0 Å². The third-order valence-electron chi connectivity index (χ3n) is 3.92. The minimum absolute atomic E-state index is 0.168. The summed E-state index contributed by atoms with van der Waals surface area (Å²) in [6, 6.07) is 7.04. The fourth-order valence-electron chi connectivity index (χ4n) is 2.63. The molecule has 0 aliphatic heterocycles. The number of hydrogen-bond donors (Lipinski definition) is 1. The molecular formula is C18H21N5O4. The number of nitrogens with zero attached hydrogens (tertiary/aromatic N) is 4. The highest BCUT2D eigenvalue weighted by Crippen LogP contribution is 2.29. The van der Waals surface area contributed by atoms with Gasteiger partial charge in [0.2, 0.25) is 11.8 Å². The Labute approximate surface area is 156 Å². The van der Waals surface area contributed by atoms with Gasteiger partial charge in [0.15, 0.2) is 11.5 Å². The van der Waals surface area contributed by atoms with Gasteiger partial charge in [-0.1, -0.05) is 0 Å². The molecule has 0 unspecified atom stereocenters. The summed E-state index contributed by atoms with van der Waals surface area (Å²) in [5, 5.41) is 15.1. The Morgan fingerprint density at radius 3 is 2.63 bits per heavy atom. The van der Waals surface area contributed by atoms with E-state index in [9.17, 15) is 4.79 Å². The van der Waals surface area contributed by atoms with E-state index >= 15 is 0 Å². The van der Waals surface area contributed by atoms with Crippen LogP contribution in [0.3, 0.4) is 0 Å². The summed E-state index contributed by atoms with van der Waals surface area (Å²) in [7, 11) is 4.91. The summed E-state index contributed by atoms with van der Waals surface area (Å²) >= 11 is 0. The first-order valence-electron chi connectivity index (χ1n) is 8.35. The van der Waals surface area contributed by atoms with Gasteiger partial charge in [-0.3, -0.25) is 9.48 Å². The molecule has 9 nitrogen and oxygen atoms in total. The van der Waals surface area contributed by atoms with E-state index in [0.29, 0.717) is 35.4 Å². The fourth-order valence-corrected chi connectivity index (χ4v) is 2.63. The van der Waals surface area contributed by atoms with Gasteiger partial charge >= 0.3 is 0 Å². The van der Waals surface area contributed by atoms with Crippen molar-refractivity contribution in [2.45, 2.75) is 19.8 Å². The van der Waals surface area contributed by atoms with Gasteiger partial charge in [-0.25, -0.2) is 0 Å². The largest absolute Gasteiger partial charge is 0.493 e. The second-order valence-electron chi connectivity index (χ2n) is 5.91. The molecule has 0 atom stereocenters. The predicted molar refractivity (Wildman–Crippen MR) is 97.7 cm³/mol. The molecule has 27 heavy (non-hydrogen) atoms. The van der Waals surface area contributed by atoms with E-state index in [4.69, 9.17) is 13.9 Å². The molecule has 1 N–H and O–H groups in total. The Hall–Kier alpha value is -3.36.